The van der Waals surface area contributed by atoms with Crippen molar-refractivity contribution in [2.45, 2.75) is 32.7 Å². The molecule has 3 nitrogen and oxygen atoms in total. The number of aromatic amines is 1. The van der Waals surface area contributed by atoms with Crippen molar-refractivity contribution < 1.29 is 4.74 Å². The van der Waals surface area contributed by atoms with Crippen molar-refractivity contribution in [2.24, 2.45) is 0 Å². The third-order valence-electron chi connectivity index (χ3n) is 3.25. The van der Waals surface area contributed by atoms with Crippen LogP contribution in [-0.2, 0) is 11.3 Å². The fourth-order valence-electron chi connectivity index (χ4n) is 2.14. The minimum atomic E-state index is 0.775. The molecule has 1 aromatic heterocycles. The van der Waals surface area contributed by atoms with E-state index in [9.17, 15) is 0 Å². The normalized spacial score (nSPS) is 10.8. The van der Waals surface area contributed by atoms with E-state index in [1.165, 1.54) is 12.0 Å². The van der Waals surface area contributed by atoms with Crippen LogP contribution in [0.5, 0.6) is 0 Å². The topological polar surface area (TPSA) is 29.9 Å². The van der Waals surface area contributed by atoms with Gasteiger partial charge in [-0.2, -0.15) is 0 Å². The first-order chi connectivity index (χ1) is 9.83. The highest BCUT2D eigenvalue weighted by atomic mass is 32.1. The number of rotatable bonds is 8. The highest BCUT2D eigenvalue weighted by Crippen LogP contribution is 2.19. The Hall–Kier alpha value is -1.39. The molecule has 0 fully saturated rings. The molecule has 0 unspecified atom stereocenters. The average Bonchev–Trinajstić information content (AvgIpc) is 2.85. The summed E-state index contributed by atoms with van der Waals surface area (Å²) >= 11 is 5.36. The molecular weight excluding hydrogens is 268 g/mol. The summed E-state index contributed by atoms with van der Waals surface area (Å²) in [6.45, 7) is 4.72. The first-order valence-electron chi connectivity index (χ1n) is 7.24. The largest absolute Gasteiger partial charge is 0.381 e. The van der Waals surface area contributed by atoms with Crippen LogP contribution in [0.15, 0.2) is 36.5 Å². The van der Waals surface area contributed by atoms with E-state index in [0.29, 0.717) is 0 Å². The van der Waals surface area contributed by atoms with E-state index >= 15 is 0 Å². The van der Waals surface area contributed by atoms with Gasteiger partial charge in [-0.15, -0.1) is 0 Å². The van der Waals surface area contributed by atoms with E-state index in [4.69, 9.17) is 17.0 Å². The molecule has 0 saturated carbocycles. The zero-order valence-corrected chi connectivity index (χ0v) is 12.8. The van der Waals surface area contributed by atoms with E-state index in [1.807, 2.05) is 24.4 Å². The lowest BCUT2D eigenvalue weighted by Crippen LogP contribution is -2.05. The molecule has 1 aromatic carbocycles. The van der Waals surface area contributed by atoms with Crippen LogP contribution in [-0.4, -0.2) is 22.8 Å². The average molecular weight is 290 g/mol. The molecule has 0 spiro atoms. The van der Waals surface area contributed by atoms with Gasteiger partial charge in [0, 0.05) is 26.0 Å². The zero-order valence-electron chi connectivity index (χ0n) is 12.0. The smallest absolute Gasteiger partial charge is 0.177 e. The Labute approximate surface area is 125 Å². The first kappa shape index (κ1) is 15.0. The summed E-state index contributed by atoms with van der Waals surface area (Å²) in [5, 5.41) is 0. The number of unbranched alkanes of at least 4 members (excludes halogenated alkanes) is 1. The summed E-state index contributed by atoms with van der Waals surface area (Å²) in [5.74, 6) is 0. The molecule has 0 aliphatic rings. The number of imidazole rings is 1. The molecule has 1 N–H and O–H groups in total. The number of ether oxygens (including phenoxy) is 1. The zero-order chi connectivity index (χ0) is 14.2. The highest BCUT2D eigenvalue weighted by Gasteiger charge is 2.05. The molecule has 0 aliphatic heterocycles. The van der Waals surface area contributed by atoms with Crippen molar-refractivity contribution in [2.75, 3.05) is 13.2 Å². The number of benzene rings is 1. The molecule has 0 saturated heterocycles. The lowest BCUT2D eigenvalue weighted by atomic mass is 10.2. The lowest BCUT2D eigenvalue weighted by Gasteiger charge is -2.09. The molecule has 0 atom stereocenters. The third kappa shape index (κ3) is 4.05. The summed E-state index contributed by atoms with van der Waals surface area (Å²) in [6.07, 6.45) is 5.28. The molecule has 2 aromatic rings. The Bertz CT molecular complexity index is 559. The van der Waals surface area contributed by atoms with Gasteiger partial charge < -0.3 is 14.3 Å². The minimum Gasteiger partial charge on any atom is -0.381 e. The van der Waals surface area contributed by atoms with Gasteiger partial charge in [0.25, 0.3) is 0 Å². The maximum atomic E-state index is 5.60. The Morgan fingerprint density at radius 2 is 1.90 bits per heavy atom. The van der Waals surface area contributed by atoms with Gasteiger partial charge in [-0.1, -0.05) is 43.7 Å². The van der Waals surface area contributed by atoms with Crippen molar-refractivity contribution in [1.82, 2.24) is 9.55 Å². The van der Waals surface area contributed by atoms with Crippen LogP contribution in [0.25, 0.3) is 11.3 Å². The van der Waals surface area contributed by atoms with Gasteiger partial charge in [0.05, 0.1) is 5.69 Å². The molecule has 1 heterocycles. The summed E-state index contributed by atoms with van der Waals surface area (Å²) in [5.41, 5.74) is 2.33. The minimum absolute atomic E-state index is 0.775. The predicted octanol–water partition coefficient (Wildman–Crippen LogP) is 4.42. The highest BCUT2D eigenvalue weighted by molar-refractivity contribution is 7.71. The van der Waals surface area contributed by atoms with Crippen LogP contribution in [0.3, 0.4) is 0 Å². The van der Waals surface area contributed by atoms with Gasteiger partial charge in [-0.25, -0.2) is 0 Å². The fraction of sp³-hybridized carbons (Fsp3) is 0.438. The number of aromatic nitrogens is 2. The standard InChI is InChI=1S/C16H22N2OS/c1-2-3-11-19-12-7-10-18-15(13-17-16(18)20)14-8-5-4-6-9-14/h4-6,8-9,13H,2-3,7,10-12H2,1H3,(H,17,20). The molecule has 0 amide bonds. The first-order valence-corrected chi connectivity index (χ1v) is 7.65. The SMILES string of the molecule is CCCCOCCCn1c(-c2ccccc2)c[nH]c1=S. The molecule has 20 heavy (non-hydrogen) atoms. The van der Waals surface area contributed by atoms with Gasteiger partial charge in [0.15, 0.2) is 4.77 Å². The van der Waals surface area contributed by atoms with E-state index in [0.717, 1.165) is 43.1 Å². The van der Waals surface area contributed by atoms with Crippen molar-refractivity contribution >= 4 is 12.2 Å². The van der Waals surface area contributed by atoms with Gasteiger partial charge in [-0.05, 0) is 30.6 Å². The van der Waals surface area contributed by atoms with Crippen molar-refractivity contribution in [1.29, 1.82) is 0 Å². The monoisotopic (exact) mass is 290 g/mol. The van der Waals surface area contributed by atoms with Crippen molar-refractivity contribution in [3.05, 3.63) is 41.3 Å². The fourth-order valence-corrected chi connectivity index (χ4v) is 2.39. The summed E-state index contributed by atoms with van der Waals surface area (Å²) < 4.78 is 8.52. The molecular formula is C16H22N2OS. The summed E-state index contributed by atoms with van der Waals surface area (Å²) in [6, 6.07) is 10.3. The van der Waals surface area contributed by atoms with Crippen LogP contribution >= 0.6 is 12.2 Å². The summed E-state index contributed by atoms with van der Waals surface area (Å²) in [7, 11) is 0. The molecule has 0 radical (unpaired) electrons. The van der Waals surface area contributed by atoms with Gasteiger partial charge in [-0.3, -0.25) is 0 Å². The molecule has 2 rings (SSSR count). The Morgan fingerprint density at radius 3 is 2.65 bits per heavy atom. The van der Waals surface area contributed by atoms with Crippen molar-refractivity contribution in [3.8, 4) is 11.3 Å². The second-order valence-corrected chi connectivity index (χ2v) is 5.20. The Morgan fingerprint density at radius 1 is 1.15 bits per heavy atom. The number of H-pyrrole nitrogens is 1. The lowest BCUT2D eigenvalue weighted by molar-refractivity contribution is 0.126. The second-order valence-electron chi connectivity index (χ2n) is 4.82. The molecule has 0 bridgehead atoms. The van der Waals surface area contributed by atoms with Gasteiger partial charge in [0.2, 0.25) is 0 Å². The van der Waals surface area contributed by atoms with E-state index in [1.54, 1.807) is 0 Å². The van der Waals surface area contributed by atoms with Crippen LogP contribution in [0.2, 0.25) is 0 Å². The predicted molar refractivity (Wildman–Crippen MR) is 85.4 cm³/mol. The number of hydrogen-bond acceptors (Lipinski definition) is 2. The third-order valence-corrected chi connectivity index (χ3v) is 3.59. The van der Waals surface area contributed by atoms with Crippen LogP contribution in [0.1, 0.15) is 26.2 Å². The van der Waals surface area contributed by atoms with Crippen LogP contribution < -0.4 is 0 Å². The van der Waals surface area contributed by atoms with Crippen LogP contribution in [0, 0.1) is 4.77 Å². The quantitative estimate of drug-likeness (QED) is 0.576. The van der Waals surface area contributed by atoms with Crippen LogP contribution in [0.4, 0.5) is 0 Å². The van der Waals surface area contributed by atoms with Crippen molar-refractivity contribution in [3.63, 3.8) is 0 Å². The number of nitrogens with zero attached hydrogens (tertiary/aromatic N) is 1. The summed E-state index contributed by atoms with van der Waals surface area (Å²) in [4.78, 5) is 3.13. The van der Waals surface area contributed by atoms with Gasteiger partial charge in [0.1, 0.15) is 0 Å². The number of nitrogens with one attached hydrogen (secondary N) is 1. The Balaban J connectivity index is 1.95. The molecule has 0 aliphatic carbocycles. The van der Waals surface area contributed by atoms with Gasteiger partial charge >= 0.3 is 0 Å². The Kier molecular flexibility index (Phi) is 6.02. The number of hydrogen-bond donors (Lipinski definition) is 1. The van der Waals surface area contributed by atoms with E-state index < -0.39 is 0 Å². The maximum absolute atomic E-state index is 5.60. The van der Waals surface area contributed by atoms with E-state index in [-0.39, 0.29) is 0 Å². The molecule has 108 valence electrons. The molecule has 4 heteroatoms. The second kappa shape index (κ2) is 8.02. The maximum Gasteiger partial charge on any atom is 0.177 e. The van der Waals surface area contributed by atoms with E-state index in [2.05, 4.69) is 28.6 Å².